The third-order valence-corrected chi connectivity index (χ3v) is 8.00. The van der Waals surface area contributed by atoms with Crippen molar-refractivity contribution in [2.75, 3.05) is 15.7 Å². The molecule has 3 aliphatic heterocycles. The van der Waals surface area contributed by atoms with Crippen LogP contribution in [0.2, 0.25) is 0 Å². The third kappa shape index (κ3) is 2.22. The summed E-state index contributed by atoms with van der Waals surface area (Å²) in [5.41, 5.74) is 4.62. The lowest BCUT2D eigenvalue weighted by atomic mass is 9.97. The lowest BCUT2D eigenvalue weighted by Crippen LogP contribution is -2.36. The van der Waals surface area contributed by atoms with Crippen LogP contribution in [0.3, 0.4) is 0 Å². The average molecular weight is 382 g/mol. The van der Waals surface area contributed by atoms with E-state index in [0.717, 1.165) is 53.9 Å². The molecule has 0 saturated heterocycles. The molecule has 0 fully saturated rings. The Balaban J connectivity index is 1.67. The van der Waals surface area contributed by atoms with Crippen LogP contribution in [0.15, 0.2) is 41.3 Å². The highest BCUT2D eigenvalue weighted by Gasteiger charge is 2.41. The maximum atomic E-state index is 13.6. The Morgan fingerprint density at radius 2 is 1.85 bits per heavy atom. The van der Waals surface area contributed by atoms with E-state index >= 15 is 0 Å². The van der Waals surface area contributed by atoms with Crippen molar-refractivity contribution in [3.63, 3.8) is 0 Å². The number of fused-ring (bicyclic) bond motifs is 1. The van der Waals surface area contributed by atoms with Crippen molar-refractivity contribution in [2.45, 2.75) is 50.0 Å². The van der Waals surface area contributed by atoms with Gasteiger partial charge in [-0.1, -0.05) is 18.2 Å². The van der Waals surface area contributed by atoms with Crippen molar-refractivity contribution in [3.05, 3.63) is 53.1 Å². The minimum atomic E-state index is -3.69. The Labute approximate surface area is 159 Å². The molecule has 27 heavy (non-hydrogen) atoms. The second kappa shape index (κ2) is 5.58. The number of carbonyl (C=O) groups is 1. The van der Waals surface area contributed by atoms with E-state index in [9.17, 15) is 13.2 Å². The predicted octanol–water partition coefficient (Wildman–Crippen LogP) is 3.22. The van der Waals surface area contributed by atoms with Crippen molar-refractivity contribution in [3.8, 4) is 0 Å². The molecule has 140 valence electrons. The molecule has 1 amide bonds. The molecule has 0 N–H and O–H groups in total. The molecule has 0 spiro atoms. The van der Waals surface area contributed by atoms with E-state index in [0.29, 0.717) is 4.90 Å². The number of sulfonamides is 1. The molecule has 5 nitrogen and oxygen atoms in total. The van der Waals surface area contributed by atoms with E-state index in [1.165, 1.54) is 0 Å². The summed E-state index contributed by atoms with van der Waals surface area (Å²) >= 11 is 0. The fourth-order valence-electron chi connectivity index (χ4n) is 4.83. The number of carbonyl (C=O) groups excluding carboxylic acids is 1. The molecule has 0 unspecified atom stereocenters. The Morgan fingerprint density at radius 1 is 1.07 bits per heavy atom. The fraction of sp³-hybridized carbons (Fsp3) is 0.381. The number of hydrogen-bond donors (Lipinski definition) is 0. The van der Waals surface area contributed by atoms with Crippen molar-refractivity contribution in [1.29, 1.82) is 0 Å². The first-order valence-electron chi connectivity index (χ1n) is 9.50. The SMILES string of the molecule is C[C@@H]1Cc2ccccc2N1S(=O)(=O)c1cc2c3c(c1)[C@@H](C)C(=O)N3CCC2. The molecule has 3 heterocycles. The van der Waals surface area contributed by atoms with E-state index in [-0.39, 0.29) is 17.9 Å². The highest BCUT2D eigenvalue weighted by atomic mass is 32.2. The van der Waals surface area contributed by atoms with Gasteiger partial charge in [0.05, 0.1) is 22.2 Å². The molecule has 5 rings (SSSR count). The number of hydrogen-bond acceptors (Lipinski definition) is 3. The molecule has 0 radical (unpaired) electrons. The normalized spacial score (nSPS) is 23.6. The maximum absolute atomic E-state index is 13.6. The van der Waals surface area contributed by atoms with Crippen LogP contribution in [0.1, 0.15) is 42.9 Å². The van der Waals surface area contributed by atoms with Crippen molar-refractivity contribution in [2.24, 2.45) is 0 Å². The monoisotopic (exact) mass is 382 g/mol. The van der Waals surface area contributed by atoms with E-state index in [1.54, 1.807) is 16.4 Å². The summed E-state index contributed by atoms with van der Waals surface area (Å²) in [6, 6.07) is 11.1. The topological polar surface area (TPSA) is 57.7 Å². The standard InChI is InChI=1S/C21H22N2O3S/c1-13-10-15-6-3-4-8-19(15)23(13)27(25,26)17-11-16-7-5-9-22-20(16)18(12-17)14(2)21(22)24/h3-4,6,8,11-14H,5,7,9-10H2,1-2H3/t13-,14-/m1/s1. The molecule has 0 bridgehead atoms. The Hall–Kier alpha value is -2.34. The van der Waals surface area contributed by atoms with Gasteiger partial charge in [0.1, 0.15) is 0 Å². The minimum Gasteiger partial charge on any atom is -0.311 e. The van der Waals surface area contributed by atoms with Crippen LogP contribution < -0.4 is 9.21 Å². The van der Waals surface area contributed by atoms with Gasteiger partial charge in [-0.2, -0.15) is 0 Å². The summed E-state index contributed by atoms with van der Waals surface area (Å²) < 4.78 is 28.7. The third-order valence-electron chi connectivity index (χ3n) is 6.09. The first kappa shape index (κ1) is 16.8. The van der Waals surface area contributed by atoms with Crippen LogP contribution in [0.4, 0.5) is 11.4 Å². The zero-order valence-electron chi connectivity index (χ0n) is 15.5. The second-order valence-electron chi connectivity index (χ2n) is 7.82. The molecule has 0 aromatic heterocycles. The van der Waals surface area contributed by atoms with Gasteiger partial charge >= 0.3 is 0 Å². The van der Waals surface area contributed by atoms with E-state index in [2.05, 4.69) is 0 Å². The Bertz CT molecular complexity index is 1080. The number of anilines is 2. The van der Waals surface area contributed by atoms with E-state index in [4.69, 9.17) is 0 Å². The summed E-state index contributed by atoms with van der Waals surface area (Å²) in [6.07, 6.45) is 2.40. The second-order valence-corrected chi connectivity index (χ2v) is 9.63. The van der Waals surface area contributed by atoms with Gasteiger partial charge in [-0.25, -0.2) is 8.42 Å². The van der Waals surface area contributed by atoms with Gasteiger partial charge in [0.15, 0.2) is 0 Å². The number of para-hydroxylation sites is 1. The van der Waals surface area contributed by atoms with Crippen LogP contribution in [-0.4, -0.2) is 26.9 Å². The summed E-state index contributed by atoms with van der Waals surface area (Å²) in [5, 5.41) is 0. The highest BCUT2D eigenvalue weighted by Crippen LogP contribution is 2.45. The van der Waals surface area contributed by atoms with Gasteiger partial charge in [-0.3, -0.25) is 9.10 Å². The quantitative estimate of drug-likeness (QED) is 0.801. The molecular formula is C21H22N2O3S. The summed E-state index contributed by atoms with van der Waals surface area (Å²) in [7, 11) is -3.69. The molecule has 0 saturated carbocycles. The number of aryl methyl sites for hydroxylation is 1. The van der Waals surface area contributed by atoms with Crippen LogP contribution >= 0.6 is 0 Å². The van der Waals surface area contributed by atoms with Gasteiger partial charge in [-0.15, -0.1) is 0 Å². The smallest absolute Gasteiger partial charge is 0.264 e. The molecule has 3 aliphatic rings. The minimum absolute atomic E-state index is 0.0837. The molecule has 0 aliphatic carbocycles. The van der Waals surface area contributed by atoms with Gasteiger partial charge in [0.2, 0.25) is 5.91 Å². The fourth-order valence-corrected chi connectivity index (χ4v) is 6.61. The number of rotatable bonds is 2. The zero-order valence-corrected chi connectivity index (χ0v) is 16.3. The molecule has 2 aromatic carbocycles. The van der Waals surface area contributed by atoms with E-state index in [1.807, 2.05) is 43.0 Å². The lowest BCUT2D eigenvalue weighted by molar-refractivity contribution is -0.119. The van der Waals surface area contributed by atoms with Crippen molar-refractivity contribution >= 4 is 27.3 Å². The Kier molecular flexibility index (Phi) is 3.47. The average Bonchev–Trinajstić information content (AvgIpc) is 3.12. The van der Waals surface area contributed by atoms with Crippen LogP contribution in [0, 0.1) is 0 Å². The maximum Gasteiger partial charge on any atom is 0.264 e. The van der Waals surface area contributed by atoms with Gasteiger partial charge in [0, 0.05) is 12.6 Å². The van der Waals surface area contributed by atoms with Crippen LogP contribution in [0.5, 0.6) is 0 Å². The highest BCUT2D eigenvalue weighted by molar-refractivity contribution is 7.92. The van der Waals surface area contributed by atoms with Crippen molar-refractivity contribution in [1.82, 2.24) is 0 Å². The number of amides is 1. The summed E-state index contributed by atoms with van der Waals surface area (Å²) in [6.45, 7) is 4.55. The van der Waals surface area contributed by atoms with Gasteiger partial charge < -0.3 is 4.90 Å². The number of nitrogens with zero attached hydrogens (tertiary/aromatic N) is 2. The molecule has 2 atom stereocenters. The van der Waals surface area contributed by atoms with Crippen LogP contribution in [0.25, 0.3) is 0 Å². The molecule has 6 heteroatoms. The number of benzene rings is 2. The molecular weight excluding hydrogens is 360 g/mol. The lowest BCUT2D eigenvalue weighted by Gasteiger charge is -2.28. The van der Waals surface area contributed by atoms with Crippen LogP contribution in [-0.2, 0) is 27.7 Å². The first-order valence-corrected chi connectivity index (χ1v) is 10.9. The predicted molar refractivity (Wildman–Crippen MR) is 105 cm³/mol. The van der Waals surface area contributed by atoms with Crippen molar-refractivity contribution < 1.29 is 13.2 Å². The van der Waals surface area contributed by atoms with Gasteiger partial charge in [-0.05, 0) is 68.0 Å². The Morgan fingerprint density at radius 3 is 2.67 bits per heavy atom. The molecule has 2 aromatic rings. The first-order chi connectivity index (χ1) is 12.9. The zero-order chi connectivity index (χ0) is 18.9. The largest absolute Gasteiger partial charge is 0.311 e. The van der Waals surface area contributed by atoms with Gasteiger partial charge in [0.25, 0.3) is 10.0 Å². The summed E-state index contributed by atoms with van der Waals surface area (Å²) in [5.74, 6) is -0.198. The summed E-state index contributed by atoms with van der Waals surface area (Å²) in [4.78, 5) is 14.7. The van der Waals surface area contributed by atoms with E-state index < -0.39 is 10.0 Å².